The fraction of sp³-hybridized carbons (Fsp3) is 0.559. The number of carbonyl (C=O) groups is 3. The van der Waals surface area contributed by atoms with Gasteiger partial charge in [0.1, 0.15) is 23.7 Å². The number of hydrogen-bond donors (Lipinski definition) is 4. The fourth-order valence-electron chi connectivity index (χ4n) is 5.89. The third-order valence-electron chi connectivity index (χ3n) is 8.43. The number of aliphatic hydroxyl groups is 1. The van der Waals surface area contributed by atoms with Gasteiger partial charge in [-0.15, -0.1) is 12.4 Å². The number of benzene rings is 2. The van der Waals surface area contributed by atoms with Crippen LogP contribution in [-0.4, -0.2) is 77.9 Å². The maximum Gasteiger partial charge on any atom is 0.246 e. The van der Waals surface area contributed by atoms with Crippen molar-refractivity contribution in [3.05, 3.63) is 70.8 Å². The van der Waals surface area contributed by atoms with Crippen LogP contribution in [0.2, 0.25) is 0 Å². The molecule has 48 heavy (non-hydrogen) atoms. The molecule has 0 aromatic heterocycles. The summed E-state index contributed by atoms with van der Waals surface area (Å²) in [6.07, 6.45) is 1.59. The summed E-state index contributed by atoms with van der Waals surface area (Å²) in [5.74, 6) is -4.00. The van der Waals surface area contributed by atoms with Crippen molar-refractivity contribution in [2.45, 2.75) is 108 Å². The highest BCUT2D eigenvalue weighted by molar-refractivity contribution is 7.92. The number of nitrogens with one attached hydrogen (secondary N) is 2. The maximum atomic E-state index is 14.3. The fourth-order valence-corrected chi connectivity index (χ4v) is 8.05. The lowest BCUT2D eigenvalue weighted by Crippen LogP contribution is -2.57. The molecule has 1 saturated heterocycles. The van der Waals surface area contributed by atoms with Crippen LogP contribution < -0.4 is 16.4 Å². The van der Waals surface area contributed by atoms with Gasteiger partial charge in [0, 0.05) is 31.6 Å². The molecule has 2 aromatic rings. The highest BCUT2D eigenvalue weighted by atomic mass is 35.5. The highest BCUT2D eigenvalue weighted by Gasteiger charge is 2.37. The molecule has 1 heterocycles. The van der Waals surface area contributed by atoms with Crippen molar-refractivity contribution >= 4 is 40.0 Å². The quantitative estimate of drug-likeness (QED) is 0.184. The average Bonchev–Trinajstić information content (AvgIpc) is 3.45. The predicted molar refractivity (Wildman–Crippen MR) is 183 cm³/mol. The van der Waals surface area contributed by atoms with E-state index in [-0.39, 0.29) is 56.2 Å². The van der Waals surface area contributed by atoms with Gasteiger partial charge >= 0.3 is 0 Å². The summed E-state index contributed by atoms with van der Waals surface area (Å²) in [5, 5.41) is 15.6. The predicted octanol–water partition coefficient (Wildman–Crippen LogP) is 3.36. The molecule has 2 aromatic carbocycles. The Hall–Kier alpha value is -3.13. The molecule has 0 radical (unpaired) electrons. The first kappa shape index (κ1) is 41.0. The van der Waals surface area contributed by atoms with Gasteiger partial charge in [-0.05, 0) is 60.9 Å². The van der Waals surface area contributed by atoms with E-state index in [9.17, 15) is 36.7 Å². The zero-order chi connectivity index (χ0) is 34.7. The molecule has 4 atom stereocenters. The third-order valence-corrected chi connectivity index (χ3v) is 10.7. The number of halogens is 3. The molecule has 0 spiro atoms. The lowest BCUT2D eigenvalue weighted by Gasteiger charge is -2.32. The van der Waals surface area contributed by atoms with Crippen LogP contribution in [0.15, 0.2) is 42.5 Å². The maximum absolute atomic E-state index is 14.3. The molecule has 5 N–H and O–H groups in total. The topological polar surface area (TPSA) is 159 Å². The van der Waals surface area contributed by atoms with Crippen molar-refractivity contribution in [3.63, 3.8) is 0 Å². The zero-order valence-electron chi connectivity index (χ0n) is 27.8. The first-order valence-electron chi connectivity index (χ1n) is 16.3. The van der Waals surface area contributed by atoms with Crippen molar-refractivity contribution in [1.82, 2.24) is 15.5 Å². The molecular formula is C34H49ClF2N4O6S. The molecule has 1 aliphatic heterocycles. The minimum Gasteiger partial charge on any atom is -0.390 e. The van der Waals surface area contributed by atoms with Crippen molar-refractivity contribution in [2.24, 2.45) is 5.73 Å². The van der Waals surface area contributed by atoms with E-state index in [2.05, 4.69) is 10.6 Å². The van der Waals surface area contributed by atoms with Crippen LogP contribution >= 0.6 is 12.4 Å². The molecule has 3 amide bonds. The molecular weight excluding hydrogens is 666 g/mol. The molecule has 10 nitrogen and oxygen atoms in total. The standard InChI is InChI=1S/C34H48F2N4O6S.ClH/c1-4-8-27(9-5-2)47(45,46)21-30(39-33(43)29-12-13-32(42)38-29)34(44)40(19-23-11-7-10-22(6-3)14-23)20-31(41)28(37)17-24-15-25(35)18-26(36)16-24;/h7,10-11,14-16,18,27-31,41H,4-6,8-9,12-13,17,19-21,37H2,1-3H3,(H,38,42)(H,39,43);1H/t28-,29+,30?,31+;/m0./s1. The van der Waals surface area contributed by atoms with Gasteiger partial charge in [-0.3, -0.25) is 14.4 Å². The summed E-state index contributed by atoms with van der Waals surface area (Å²) in [6.45, 7) is 5.33. The minimum absolute atomic E-state index is 0. The Balaban J connectivity index is 0.00000800. The second-order valence-corrected chi connectivity index (χ2v) is 14.7. The number of carbonyl (C=O) groups excluding carboxylic acids is 3. The average molecular weight is 715 g/mol. The molecule has 1 aliphatic rings. The number of nitrogens with two attached hydrogens (primary N) is 1. The monoisotopic (exact) mass is 714 g/mol. The summed E-state index contributed by atoms with van der Waals surface area (Å²) >= 11 is 0. The Bertz CT molecular complexity index is 1470. The molecule has 1 unspecified atom stereocenters. The smallest absolute Gasteiger partial charge is 0.246 e. The Kier molecular flexibility index (Phi) is 16.4. The van der Waals surface area contributed by atoms with Crippen LogP contribution in [0.25, 0.3) is 0 Å². The van der Waals surface area contributed by atoms with Gasteiger partial charge in [-0.1, -0.05) is 57.9 Å². The van der Waals surface area contributed by atoms with Crippen LogP contribution in [0.3, 0.4) is 0 Å². The van der Waals surface area contributed by atoms with Gasteiger partial charge < -0.3 is 26.4 Å². The largest absolute Gasteiger partial charge is 0.390 e. The Labute approximate surface area is 288 Å². The SMILES string of the molecule is CCCC(CCC)S(=O)(=O)CC(NC(=O)[C@H]1CCC(=O)N1)C(=O)N(Cc1cccc(CC)c1)C[C@@H](O)[C@@H](N)Cc1cc(F)cc(F)c1.Cl. The van der Waals surface area contributed by atoms with E-state index >= 15 is 0 Å². The number of nitrogens with zero attached hydrogens (tertiary/aromatic N) is 1. The van der Waals surface area contributed by atoms with Crippen molar-refractivity contribution < 1.29 is 36.7 Å². The van der Waals surface area contributed by atoms with E-state index in [4.69, 9.17) is 5.73 Å². The second-order valence-electron chi connectivity index (χ2n) is 12.4. The molecule has 0 bridgehead atoms. The van der Waals surface area contributed by atoms with Gasteiger partial charge in [0.05, 0.1) is 17.1 Å². The van der Waals surface area contributed by atoms with Crippen LogP contribution in [-0.2, 0) is 43.6 Å². The lowest BCUT2D eigenvalue weighted by atomic mass is 10.0. The van der Waals surface area contributed by atoms with E-state index in [1.807, 2.05) is 39.0 Å². The Morgan fingerprint density at radius 2 is 1.67 bits per heavy atom. The van der Waals surface area contributed by atoms with Crippen LogP contribution in [0, 0.1) is 11.6 Å². The summed E-state index contributed by atoms with van der Waals surface area (Å²) in [4.78, 5) is 40.7. The third kappa shape index (κ3) is 12.1. The van der Waals surface area contributed by atoms with Gasteiger partial charge in [0.15, 0.2) is 9.84 Å². The van der Waals surface area contributed by atoms with E-state index < -0.39 is 68.5 Å². The molecule has 1 fully saturated rings. The summed E-state index contributed by atoms with van der Waals surface area (Å²) in [7, 11) is -3.89. The van der Waals surface area contributed by atoms with Crippen LogP contribution in [0.4, 0.5) is 8.78 Å². The van der Waals surface area contributed by atoms with Gasteiger partial charge in [-0.2, -0.15) is 0 Å². The second kappa shape index (κ2) is 19.2. The number of rotatable bonds is 18. The number of aryl methyl sites for hydroxylation is 1. The zero-order valence-corrected chi connectivity index (χ0v) is 29.4. The summed E-state index contributed by atoms with van der Waals surface area (Å²) < 4.78 is 55.0. The Morgan fingerprint density at radius 1 is 1.04 bits per heavy atom. The van der Waals surface area contributed by atoms with E-state index in [1.54, 1.807) is 6.07 Å². The van der Waals surface area contributed by atoms with Crippen LogP contribution in [0.5, 0.6) is 0 Å². The van der Waals surface area contributed by atoms with Gasteiger partial charge in [-0.25, -0.2) is 17.2 Å². The summed E-state index contributed by atoms with van der Waals surface area (Å²) in [5.41, 5.74) is 8.17. The first-order valence-corrected chi connectivity index (χ1v) is 18.0. The van der Waals surface area contributed by atoms with Gasteiger partial charge in [0.2, 0.25) is 17.7 Å². The van der Waals surface area contributed by atoms with Crippen molar-refractivity contribution in [3.8, 4) is 0 Å². The van der Waals surface area contributed by atoms with Crippen LogP contribution in [0.1, 0.15) is 76.0 Å². The minimum atomic E-state index is -3.89. The first-order chi connectivity index (χ1) is 22.3. The van der Waals surface area contributed by atoms with E-state index in [0.717, 1.165) is 30.2 Å². The number of sulfone groups is 1. The molecule has 268 valence electrons. The number of hydrogen-bond acceptors (Lipinski definition) is 7. The van der Waals surface area contributed by atoms with E-state index in [1.165, 1.54) is 4.90 Å². The van der Waals surface area contributed by atoms with Crippen molar-refractivity contribution in [1.29, 1.82) is 0 Å². The molecule has 14 heteroatoms. The molecule has 0 saturated carbocycles. The molecule has 3 rings (SSSR count). The van der Waals surface area contributed by atoms with Crippen molar-refractivity contribution in [2.75, 3.05) is 12.3 Å². The van der Waals surface area contributed by atoms with Gasteiger partial charge in [0.25, 0.3) is 0 Å². The normalized spacial score (nSPS) is 16.5. The Morgan fingerprint density at radius 3 is 2.23 bits per heavy atom. The summed E-state index contributed by atoms with van der Waals surface area (Å²) in [6, 6.07) is 6.89. The highest BCUT2D eigenvalue weighted by Crippen LogP contribution is 2.20. The number of amides is 3. The number of aliphatic hydroxyl groups excluding tert-OH is 1. The lowest BCUT2D eigenvalue weighted by molar-refractivity contribution is -0.138. The molecule has 0 aliphatic carbocycles. The van der Waals surface area contributed by atoms with E-state index in [0.29, 0.717) is 31.2 Å².